The van der Waals surface area contributed by atoms with Crippen LogP contribution >= 0.6 is 11.6 Å². The molecular weight excluding hydrogens is 260 g/mol. The van der Waals surface area contributed by atoms with E-state index in [1.54, 1.807) is 11.9 Å². The van der Waals surface area contributed by atoms with Crippen molar-refractivity contribution in [3.63, 3.8) is 0 Å². The van der Waals surface area contributed by atoms with Crippen LogP contribution in [0, 0.1) is 0 Å². The van der Waals surface area contributed by atoms with E-state index in [1.807, 2.05) is 31.2 Å². The van der Waals surface area contributed by atoms with E-state index in [4.69, 9.17) is 11.6 Å². The number of amides is 1. The second kappa shape index (κ2) is 5.41. The smallest absolute Gasteiger partial charge is 0.256 e. The van der Waals surface area contributed by atoms with Crippen LogP contribution in [0.15, 0.2) is 42.6 Å². The summed E-state index contributed by atoms with van der Waals surface area (Å²) in [6, 6.07) is 7.50. The number of hydrogen-bond donors (Lipinski definition) is 0. The zero-order chi connectivity index (χ0) is 14.0. The van der Waals surface area contributed by atoms with Crippen LogP contribution in [-0.2, 0) is 0 Å². The molecule has 0 bridgehead atoms. The lowest BCUT2D eigenvalue weighted by molar-refractivity contribution is 0.0808. The number of halogens is 1. The largest absolute Gasteiger partial charge is 0.338 e. The van der Waals surface area contributed by atoms with Crippen LogP contribution in [0.2, 0.25) is 5.15 Å². The molecule has 1 aromatic heterocycles. The van der Waals surface area contributed by atoms with Gasteiger partial charge >= 0.3 is 0 Å². The maximum Gasteiger partial charge on any atom is 0.256 e. The van der Waals surface area contributed by atoms with Crippen LogP contribution in [0.25, 0.3) is 10.8 Å². The Morgan fingerprint density at radius 1 is 1.37 bits per heavy atom. The number of carbonyl (C=O) groups is 1. The number of pyridine rings is 1. The maximum atomic E-state index is 12.4. The molecule has 0 aliphatic rings. The van der Waals surface area contributed by atoms with Crippen molar-refractivity contribution in [1.29, 1.82) is 0 Å². The Balaban J connectivity index is 2.48. The van der Waals surface area contributed by atoms with Crippen LogP contribution in [0.1, 0.15) is 17.3 Å². The molecule has 0 atom stereocenters. The molecule has 0 aliphatic carbocycles. The zero-order valence-electron chi connectivity index (χ0n) is 11.0. The van der Waals surface area contributed by atoms with E-state index in [1.165, 1.54) is 6.20 Å². The minimum atomic E-state index is -0.0802. The molecule has 0 saturated heterocycles. The van der Waals surface area contributed by atoms with Crippen molar-refractivity contribution in [1.82, 2.24) is 9.88 Å². The third kappa shape index (κ3) is 2.76. The number of nitrogens with zero attached hydrogens (tertiary/aromatic N) is 2. The number of aromatic nitrogens is 1. The summed E-state index contributed by atoms with van der Waals surface area (Å²) in [7, 11) is 1.75. The summed E-state index contributed by atoms with van der Waals surface area (Å²) in [5.41, 5.74) is 1.49. The molecule has 98 valence electrons. The first-order valence-electron chi connectivity index (χ1n) is 5.94. The number of benzene rings is 1. The van der Waals surface area contributed by atoms with E-state index in [9.17, 15) is 4.79 Å². The fourth-order valence-electron chi connectivity index (χ4n) is 2.01. The van der Waals surface area contributed by atoms with Gasteiger partial charge in [0.25, 0.3) is 5.91 Å². The number of likely N-dealkylation sites (N-methyl/N-ethyl adjacent to an activating group) is 1. The van der Waals surface area contributed by atoms with E-state index in [2.05, 4.69) is 11.6 Å². The highest BCUT2D eigenvalue weighted by atomic mass is 35.5. The Kier molecular flexibility index (Phi) is 3.86. The Bertz CT molecular complexity index is 652. The number of hydrogen-bond acceptors (Lipinski definition) is 2. The third-order valence-corrected chi connectivity index (χ3v) is 3.13. The van der Waals surface area contributed by atoms with Crippen LogP contribution in [0.5, 0.6) is 0 Å². The first-order valence-corrected chi connectivity index (χ1v) is 6.31. The lowest BCUT2D eigenvalue weighted by Crippen LogP contribution is -2.28. The van der Waals surface area contributed by atoms with Crippen LogP contribution < -0.4 is 0 Å². The van der Waals surface area contributed by atoms with E-state index < -0.39 is 0 Å². The minimum absolute atomic E-state index is 0.0802. The van der Waals surface area contributed by atoms with Crippen molar-refractivity contribution in [3.8, 4) is 0 Å². The van der Waals surface area contributed by atoms with Gasteiger partial charge in [0.2, 0.25) is 0 Å². The van der Waals surface area contributed by atoms with Crippen molar-refractivity contribution >= 4 is 28.3 Å². The summed E-state index contributed by atoms with van der Waals surface area (Å²) in [6.45, 7) is 6.23. The number of rotatable bonds is 3. The predicted molar refractivity (Wildman–Crippen MR) is 78.5 cm³/mol. The highest BCUT2D eigenvalue weighted by Crippen LogP contribution is 2.24. The summed E-state index contributed by atoms with van der Waals surface area (Å²) in [6.07, 6.45) is 1.53. The molecule has 19 heavy (non-hydrogen) atoms. The zero-order valence-corrected chi connectivity index (χ0v) is 11.7. The minimum Gasteiger partial charge on any atom is -0.338 e. The Labute approximate surface area is 117 Å². The van der Waals surface area contributed by atoms with Crippen molar-refractivity contribution in [2.45, 2.75) is 6.92 Å². The Hall–Kier alpha value is -1.87. The summed E-state index contributed by atoms with van der Waals surface area (Å²) < 4.78 is 0. The molecule has 4 heteroatoms. The molecule has 0 spiro atoms. The first-order chi connectivity index (χ1) is 9.00. The SMILES string of the molecule is C=C(C)CN(C)C(=O)c1cnc(Cl)c2ccccc12. The molecule has 1 heterocycles. The average molecular weight is 275 g/mol. The summed E-state index contributed by atoms with van der Waals surface area (Å²) in [4.78, 5) is 18.1. The van der Waals surface area contributed by atoms with Gasteiger partial charge in [-0.15, -0.1) is 0 Å². The fourth-order valence-corrected chi connectivity index (χ4v) is 2.22. The van der Waals surface area contributed by atoms with Crippen molar-refractivity contribution in [2.75, 3.05) is 13.6 Å². The van der Waals surface area contributed by atoms with Crippen LogP contribution in [-0.4, -0.2) is 29.4 Å². The molecule has 0 unspecified atom stereocenters. The molecule has 0 saturated carbocycles. The predicted octanol–water partition coefficient (Wildman–Crippen LogP) is 3.54. The monoisotopic (exact) mass is 274 g/mol. The van der Waals surface area contributed by atoms with E-state index in [0.717, 1.165) is 16.3 Å². The summed E-state index contributed by atoms with van der Waals surface area (Å²) in [5.74, 6) is -0.0802. The molecule has 2 rings (SSSR count). The highest BCUT2D eigenvalue weighted by molar-refractivity contribution is 6.34. The standard InChI is InChI=1S/C15H15ClN2O/c1-10(2)9-18(3)15(19)13-8-17-14(16)12-7-5-4-6-11(12)13/h4-8H,1,9H2,2-3H3. The van der Waals surface area contributed by atoms with Crippen LogP contribution in [0.3, 0.4) is 0 Å². The average Bonchev–Trinajstić information content (AvgIpc) is 2.38. The summed E-state index contributed by atoms with van der Waals surface area (Å²) in [5, 5.41) is 2.02. The van der Waals surface area contributed by atoms with Crippen molar-refractivity contribution in [3.05, 3.63) is 53.3 Å². The highest BCUT2D eigenvalue weighted by Gasteiger charge is 2.16. The molecule has 1 amide bonds. The normalized spacial score (nSPS) is 10.5. The third-order valence-electron chi connectivity index (χ3n) is 2.83. The van der Waals surface area contributed by atoms with Gasteiger partial charge in [-0.2, -0.15) is 0 Å². The van der Waals surface area contributed by atoms with Gasteiger partial charge < -0.3 is 4.90 Å². The topological polar surface area (TPSA) is 33.2 Å². The lowest BCUT2D eigenvalue weighted by atomic mass is 10.1. The molecule has 0 aliphatic heterocycles. The van der Waals surface area contributed by atoms with Gasteiger partial charge in [-0.05, 0) is 12.3 Å². The van der Waals surface area contributed by atoms with Gasteiger partial charge in [-0.1, -0.05) is 48.0 Å². The molecule has 3 nitrogen and oxygen atoms in total. The van der Waals surface area contributed by atoms with E-state index in [0.29, 0.717) is 17.3 Å². The second-order valence-corrected chi connectivity index (χ2v) is 4.98. The van der Waals surface area contributed by atoms with Gasteiger partial charge in [0.1, 0.15) is 5.15 Å². The first kappa shape index (κ1) is 13.6. The van der Waals surface area contributed by atoms with E-state index >= 15 is 0 Å². The Morgan fingerprint density at radius 3 is 2.63 bits per heavy atom. The van der Waals surface area contributed by atoms with Gasteiger partial charge in [-0.25, -0.2) is 4.98 Å². The molecule has 0 N–H and O–H groups in total. The fraction of sp³-hybridized carbons (Fsp3) is 0.200. The van der Waals surface area contributed by atoms with Crippen molar-refractivity contribution < 1.29 is 4.79 Å². The van der Waals surface area contributed by atoms with Gasteiger partial charge in [0, 0.05) is 25.2 Å². The lowest BCUT2D eigenvalue weighted by Gasteiger charge is -2.18. The van der Waals surface area contributed by atoms with Gasteiger partial charge in [0.05, 0.1) is 5.56 Å². The number of carbonyl (C=O) groups excluding carboxylic acids is 1. The second-order valence-electron chi connectivity index (χ2n) is 4.63. The van der Waals surface area contributed by atoms with E-state index in [-0.39, 0.29) is 5.91 Å². The molecule has 0 radical (unpaired) electrons. The molecule has 2 aromatic rings. The quantitative estimate of drug-likeness (QED) is 0.634. The van der Waals surface area contributed by atoms with Gasteiger partial charge in [0.15, 0.2) is 0 Å². The van der Waals surface area contributed by atoms with Gasteiger partial charge in [-0.3, -0.25) is 4.79 Å². The maximum absolute atomic E-state index is 12.4. The van der Waals surface area contributed by atoms with Crippen LogP contribution in [0.4, 0.5) is 0 Å². The Morgan fingerprint density at radius 2 is 2.00 bits per heavy atom. The molecular formula is C15H15ClN2O. The summed E-state index contributed by atoms with van der Waals surface area (Å²) >= 11 is 6.05. The number of fused-ring (bicyclic) bond motifs is 1. The molecule has 0 fully saturated rings. The van der Waals surface area contributed by atoms with Crippen molar-refractivity contribution in [2.24, 2.45) is 0 Å². The molecule has 1 aromatic carbocycles.